The molecule has 2 amide bonds. The number of rotatable bonds is 7. The number of carbonyl (C=O) groups excluding carboxylic acids is 2. The van der Waals surface area contributed by atoms with Gasteiger partial charge in [0.15, 0.2) is 0 Å². The van der Waals surface area contributed by atoms with Crippen molar-refractivity contribution in [3.63, 3.8) is 0 Å². The number of hydrogen-bond donors (Lipinski definition) is 2. The van der Waals surface area contributed by atoms with Crippen molar-refractivity contribution < 1.29 is 19.4 Å². The Bertz CT molecular complexity index is 1250. The summed E-state index contributed by atoms with van der Waals surface area (Å²) in [4.78, 5) is 35.7. The monoisotopic (exact) mass is 500 g/mol. The van der Waals surface area contributed by atoms with Gasteiger partial charge in [0.05, 0.1) is 36.7 Å². The standard InChI is InChI=1S/C24H22Cl2N4O4/c1-13(22(32)28-20(12-31)14-4-3-5-17(8-14)34-2)30-11-16-7-6-15(9-18(16)23(30)33)21-19(25)10-27-24(26)29-21/h3-10,13,20,31H,11-12H2,1-2H3,(H,28,32)/t13-,20-/m1/s1. The summed E-state index contributed by atoms with van der Waals surface area (Å²) in [5.41, 5.74) is 3.00. The third kappa shape index (κ3) is 4.70. The van der Waals surface area contributed by atoms with Gasteiger partial charge in [0.2, 0.25) is 11.2 Å². The van der Waals surface area contributed by atoms with E-state index < -0.39 is 12.1 Å². The van der Waals surface area contributed by atoms with E-state index in [4.69, 9.17) is 27.9 Å². The molecule has 2 atom stereocenters. The molecule has 4 rings (SSSR count). The summed E-state index contributed by atoms with van der Waals surface area (Å²) in [6, 6.07) is 11.0. The van der Waals surface area contributed by atoms with Gasteiger partial charge in [0, 0.05) is 17.7 Å². The van der Waals surface area contributed by atoms with Crippen LogP contribution in [-0.2, 0) is 11.3 Å². The highest BCUT2D eigenvalue weighted by atomic mass is 35.5. The molecule has 0 saturated carbocycles. The summed E-state index contributed by atoms with van der Waals surface area (Å²) >= 11 is 12.1. The fraction of sp³-hybridized carbons (Fsp3) is 0.250. The number of nitrogens with zero attached hydrogens (tertiary/aromatic N) is 3. The zero-order chi connectivity index (χ0) is 24.4. The van der Waals surface area contributed by atoms with Crippen molar-refractivity contribution in [2.24, 2.45) is 0 Å². The smallest absolute Gasteiger partial charge is 0.255 e. The molecule has 34 heavy (non-hydrogen) atoms. The molecule has 2 heterocycles. The van der Waals surface area contributed by atoms with Crippen LogP contribution in [0.5, 0.6) is 5.75 Å². The minimum Gasteiger partial charge on any atom is -0.497 e. The van der Waals surface area contributed by atoms with Gasteiger partial charge in [-0.15, -0.1) is 0 Å². The molecule has 0 spiro atoms. The van der Waals surface area contributed by atoms with Gasteiger partial charge in [-0.3, -0.25) is 9.59 Å². The van der Waals surface area contributed by atoms with E-state index in [1.807, 2.05) is 6.07 Å². The van der Waals surface area contributed by atoms with Crippen molar-refractivity contribution in [1.82, 2.24) is 20.2 Å². The first-order chi connectivity index (χ1) is 16.3. The van der Waals surface area contributed by atoms with Crippen LogP contribution < -0.4 is 10.1 Å². The molecule has 0 aliphatic carbocycles. The van der Waals surface area contributed by atoms with Crippen molar-refractivity contribution in [3.05, 3.63) is 75.7 Å². The number of amides is 2. The fourth-order valence-corrected chi connectivity index (χ4v) is 4.19. The maximum atomic E-state index is 13.2. The number of hydrogen-bond acceptors (Lipinski definition) is 6. The summed E-state index contributed by atoms with van der Waals surface area (Å²) in [7, 11) is 1.54. The first-order valence-electron chi connectivity index (χ1n) is 10.5. The first-order valence-corrected chi connectivity index (χ1v) is 11.3. The van der Waals surface area contributed by atoms with E-state index in [9.17, 15) is 14.7 Å². The van der Waals surface area contributed by atoms with Crippen molar-refractivity contribution in [3.8, 4) is 17.0 Å². The molecule has 176 valence electrons. The van der Waals surface area contributed by atoms with Crippen LogP contribution >= 0.6 is 23.2 Å². The molecule has 0 fully saturated rings. The van der Waals surface area contributed by atoms with Crippen LogP contribution in [0.25, 0.3) is 11.3 Å². The van der Waals surface area contributed by atoms with Crippen molar-refractivity contribution in [2.75, 3.05) is 13.7 Å². The van der Waals surface area contributed by atoms with Crippen LogP contribution in [0.4, 0.5) is 0 Å². The van der Waals surface area contributed by atoms with Gasteiger partial charge >= 0.3 is 0 Å². The molecule has 2 aromatic carbocycles. The van der Waals surface area contributed by atoms with Gasteiger partial charge in [-0.05, 0) is 47.9 Å². The van der Waals surface area contributed by atoms with Crippen LogP contribution in [0, 0.1) is 0 Å². The quantitative estimate of drug-likeness (QED) is 0.479. The lowest BCUT2D eigenvalue weighted by Crippen LogP contribution is -2.46. The fourth-order valence-electron chi connectivity index (χ4n) is 3.86. The zero-order valence-corrected chi connectivity index (χ0v) is 20.0. The van der Waals surface area contributed by atoms with Gasteiger partial charge in [-0.25, -0.2) is 9.97 Å². The number of ether oxygens (including phenoxy) is 1. The van der Waals surface area contributed by atoms with E-state index in [-0.39, 0.29) is 30.2 Å². The van der Waals surface area contributed by atoms with Crippen LogP contribution in [0.3, 0.4) is 0 Å². The molecule has 0 unspecified atom stereocenters. The highest BCUT2D eigenvalue weighted by molar-refractivity contribution is 6.33. The number of methoxy groups -OCH3 is 1. The number of aliphatic hydroxyl groups excluding tert-OH is 1. The molecule has 0 bridgehead atoms. The lowest BCUT2D eigenvalue weighted by Gasteiger charge is -2.26. The molecule has 8 nitrogen and oxygen atoms in total. The van der Waals surface area contributed by atoms with Crippen molar-refractivity contribution in [1.29, 1.82) is 0 Å². The number of nitrogens with one attached hydrogen (secondary N) is 1. The summed E-state index contributed by atoms with van der Waals surface area (Å²) in [6.07, 6.45) is 1.40. The van der Waals surface area contributed by atoms with E-state index in [0.717, 1.165) is 5.56 Å². The topological polar surface area (TPSA) is 105 Å². The summed E-state index contributed by atoms with van der Waals surface area (Å²) in [5, 5.41) is 13.0. The van der Waals surface area contributed by atoms with Crippen LogP contribution in [0.2, 0.25) is 10.3 Å². The van der Waals surface area contributed by atoms with Gasteiger partial charge in [0.1, 0.15) is 11.8 Å². The van der Waals surface area contributed by atoms with E-state index >= 15 is 0 Å². The lowest BCUT2D eigenvalue weighted by atomic mass is 10.0. The molecule has 10 heteroatoms. The molecule has 0 saturated heterocycles. The SMILES string of the molecule is COc1cccc([C@@H](CO)NC(=O)[C@@H](C)N2Cc3ccc(-c4nc(Cl)ncc4Cl)cc3C2=O)c1. The molecule has 1 aliphatic rings. The largest absolute Gasteiger partial charge is 0.497 e. The molecule has 0 radical (unpaired) electrons. The maximum Gasteiger partial charge on any atom is 0.255 e. The molecular weight excluding hydrogens is 479 g/mol. The Kier molecular flexibility index (Phi) is 7.02. The third-order valence-corrected chi connectivity index (χ3v) is 6.23. The lowest BCUT2D eigenvalue weighted by molar-refractivity contribution is -0.126. The van der Waals surface area contributed by atoms with Crippen LogP contribution in [0.15, 0.2) is 48.7 Å². The minimum atomic E-state index is -0.764. The zero-order valence-electron chi connectivity index (χ0n) is 18.5. The number of aromatic nitrogens is 2. The number of carbonyl (C=O) groups is 2. The Hall–Kier alpha value is -3.20. The van der Waals surface area contributed by atoms with Gasteiger partial charge in [0.25, 0.3) is 5.91 Å². The number of fused-ring (bicyclic) bond motifs is 1. The first kappa shape index (κ1) is 23.9. The summed E-state index contributed by atoms with van der Waals surface area (Å²) in [6.45, 7) is 1.64. The number of aliphatic hydroxyl groups is 1. The minimum absolute atomic E-state index is 0.0487. The van der Waals surface area contributed by atoms with Gasteiger partial charge in [-0.1, -0.05) is 35.9 Å². The number of benzene rings is 2. The second-order valence-corrected chi connectivity index (χ2v) is 8.58. The van der Waals surface area contributed by atoms with Crippen LogP contribution in [0.1, 0.15) is 34.5 Å². The second kappa shape index (κ2) is 9.97. The Balaban J connectivity index is 1.52. The Labute approximate surface area is 206 Å². The highest BCUT2D eigenvalue weighted by Crippen LogP contribution is 2.32. The highest BCUT2D eigenvalue weighted by Gasteiger charge is 2.35. The average Bonchev–Trinajstić information content (AvgIpc) is 3.19. The van der Waals surface area contributed by atoms with Gasteiger partial charge in [-0.2, -0.15) is 0 Å². The van der Waals surface area contributed by atoms with Gasteiger partial charge < -0.3 is 20.1 Å². The van der Waals surface area contributed by atoms with E-state index in [0.29, 0.717) is 33.2 Å². The molecular formula is C24H22Cl2N4O4. The second-order valence-electron chi connectivity index (χ2n) is 7.84. The molecule has 3 aromatic rings. The predicted octanol–water partition coefficient (Wildman–Crippen LogP) is 3.65. The predicted molar refractivity (Wildman–Crippen MR) is 128 cm³/mol. The van der Waals surface area contributed by atoms with E-state index in [1.54, 1.807) is 50.4 Å². The average molecular weight is 501 g/mol. The van der Waals surface area contributed by atoms with E-state index in [2.05, 4.69) is 15.3 Å². The normalized spacial score (nSPS) is 14.5. The Morgan fingerprint density at radius 2 is 2.06 bits per heavy atom. The van der Waals surface area contributed by atoms with E-state index in [1.165, 1.54) is 11.1 Å². The Morgan fingerprint density at radius 1 is 1.26 bits per heavy atom. The maximum absolute atomic E-state index is 13.2. The van der Waals surface area contributed by atoms with Crippen LogP contribution in [-0.4, -0.2) is 51.5 Å². The number of halogens is 2. The van der Waals surface area contributed by atoms with Crippen molar-refractivity contribution in [2.45, 2.75) is 25.6 Å². The summed E-state index contributed by atoms with van der Waals surface area (Å²) < 4.78 is 5.22. The third-order valence-electron chi connectivity index (χ3n) is 5.77. The Morgan fingerprint density at radius 3 is 2.79 bits per heavy atom. The summed E-state index contributed by atoms with van der Waals surface area (Å²) in [5.74, 6) is -0.0455. The molecule has 2 N–H and O–H groups in total. The van der Waals surface area contributed by atoms with Crippen molar-refractivity contribution >= 4 is 35.0 Å². The molecule has 1 aliphatic heterocycles. The molecule has 1 aromatic heterocycles.